The molecule has 1 fully saturated rings. The number of rotatable bonds is 8. The smallest absolute Gasteiger partial charge is 0.247 e. The van der Waals surface area contributed by atoms with Gasteiger partial charge in [0, 0.05) is 18.8 Å². The molecule has 1 heterocycles. The lowest BCUT2D eigenvalue weighted by Crippen LogP contribution is -2.70. The summed E-state index contributed by atoms with van der Waals surface area (Å²) in [6.07, 6.45) is 1.46. The van der Waals surface area contributed by atoms with Crippen molar-refractivity contribution in [1.29, 1.82) is 0 Å². The van der Waals surface area contributed by atoms with Gasteiger partial charge in [-0.1, -0.05) is 57.2 Å². The minimum atomic E-state index is -3.95. The van der Waals surface area contributed by atoms with E-state index in [2.05, 4.69) is 19.2 Å². The molecule has 2 aromatic carbocycles. The number of carbonyl (C=O) groups is 2. The maximum atomic E-state index is 13.5. The summed E-state index contributed by atoms with van der Waals surface area (Å²) >= 11 is 0. The second-order valence-electron chi connectivity index (χ2n) is 9.01. The molecule has 33 heavy (non-hydrogen) atoms. The first kappa shape index (κ1) is 24.9. The highest BCUT2D eigenvalue weighted by Crippen LogP contribution is 2.34. The number of nitrogens with one attached hydrogen (secondary N) is 1. The number of para-hydroxylation sites is 1. The fourth-order valence-corrected chi connectivity index (χ4v) is 5.65. The van der Waals surface area contributed by atoms with Crippen LogP contribution in [0, 0.1) is 5.92 Å². The van der Waals surface area contributed by atoms with Crippen molar-refractivity contribution in [3.8, 4) is 0 Å². The highest BCUT2D eigenvalue weighted by molar-refractivity contribution is 7.89. The van der Waals surface area contributed by atoms with Crippen molar-refractivity contribution in [2.45, 2.75) is 51.0 Å². The van der Waals surface area contributed by atoms with Gasteiger partial charge in [0.05, 0.1) is 11.4 Å². The topological polar surface area (TPSA) is 86.8 Å². The fraction of sp³-hybridized carbons (Fsp3) is 0.440. The number of piperazine rings is 1. The van der Waals surface area contributed by atoms with Gasteiger partial charge in [0.2, 0.25) is 21.8 Å². The number of benzene rings is 2. The molecule has 8 heteroatoms. The monoisotopic (exact) mass is 471 g/mol. The third kappa shape index (κ3) is 5.12. The maximum absolute atomic E-state index is 13.5. The van der Waals surface area contributed by atoms with Gasteiger partial charge in [-0.15, -0.1) is 0 Å². The molecule has 0 aromatic heterocycles. The van der Waals surface area contributed by atoms with Crippen molar-refractivity contribution in [3.05, 3.63) is 60.2 Å². The Morgan fingerprint density at radius 2 is 1.73 bits per heavy atom. The van der Waals surface area contributed by atoms with Gasteiger partial charge in [0.15, 0.2) is 0 Å². The number of carbonyl (C=O) groups excluding carboxylic acids is 2. The van der Waals surface area contributed by atoms with Crippen molar-refractivity contribution < 1.29 is 18.0 Å². The van der Waals surface area contributed by atoms with Crippen LogP contribution in [0.5, 0.6) is 0 Å². The molecule has 0 spiro atoms. The molecular weight excluding hydrogens is 438 g/mol. The normalized spacial score (nSPS) is 19.7. The van der Waals surface area contributed by atoms with E-state index in [-0.39, 0.29) is 23.9 Å². The van der Waals surface area contributed by atoms with Crippen LogP contribution in [0.2, 0.25) is 0 Å². The van der Waals surface area contributed by atoms with E-state index in [1.54, 1.807) is 25.1 Å². The van der Waals surface area contributed by atoms with Crippen LogP contribution in [0.15, 0.2) is 59.5 Å². The standard InChI is InChI=1S/C25H33N3O4S/c1-5-20-11-9-10-14-22(20)28-23(29)17-27(33(31,32)21-12-7-6-8-13-21)18-25(28,4)24(30)26-16-15-19(2)3/h6-14,19H,5,15-18H2,1-4H3,(H,26,30)/t25-/m1/s1. The Morgan fingerprint density at radius 3 is 2.36 bits per heavy atom. The summed E-state index contributed by atoms with van der Waals surface area (Å²) in [7, 11) is -3.95. The highest BCUT2D eigenvalue weighted by Gasteiger charge is 2.51. The summed E-state index contributed by atoms with van der Waals surface area (Å²) in [6, 6.07) is 15.5. The molecule has 1 aliphatic heterocycles. The first-order valence-corrected chi connectivity index (χ1v) is 12.8. The first-order valence-electron chi connectivity index (χ1n) is 11.4. The number of hydrogen-bond acceptors (Lipinski definition) is 4. The zero-order valence-corrected chi connectivity index (χ0v) is 20.6. The number of aryl methyl sites for hydroxylation is 1. The molecule has 1 saturated heterocycles. The molecular formula is C25H33N3O4S. The van der Waals surface area contributed by atoms with E-state index in [0.29, 0.717) is 24.6 Å². The summed E-state index contributed by atoms with van der Waals surface area (Å²) in [4.78, 5) is 28.6. The molecule has 2 aromatic rings. The van der Waals surface area contributed by atoms with Gasteiger partial charge in [0.25, 0.3) is 0 Å². The van der Waals surface area contributed by atoms with Gasteiger partial charge in [-0.25, -0.2) is 8.42 Å². The zero-order valence-electron chi connectivity index (χ0n) is 19.7. The Morgan fingerprint density at radius 1 is 1.09 bits per heavy atom. The van der Waals surface area contributed by atoms with E-state index < -0.39 is 21.5 Å². The quantitative estimate of drug-likeness (QED) is 0.641. The second kappa shape index (κ2) is 10.1. The third-order valence-corrected chi connectivity index (χ3v) is 7.84. The third-order valence-electron chi connectivity index (χ3n) is 6.03. The number of hydrogen-bond donors (Lipinski definition) is 1. The summed E-state index contributed by atoms with van der Waals surface area (Å²) in [5.74, 6) is -0.392. The molecule has 7 nitrogen and oxygen atoms in total. The Kier molecular flexibility index (Phi) is 7.59. The van der Waals surface area contributed by atoms with Crippen LogP contribution in [0.1, 0.15) is 39.7 Å². The van der Waals surface area contributed by atoms with Crippen LogP contribution in [-0.4, -0.2) is 49.7 Å². The summed E-state index contributed by atoms with van der Waals surface area (Å²) in [6.45, 7) is 7.75. The second-order valence-corrected chi connectivity index (χ2v) is 10.9. The lowest BCUT2D eigenvalue weighted by atomic mass is 9.93. The van der Waals surface area contributed by atoms with Crippen molar-refractivity contribution in [2.75, 3.05) is 24.5 Å². The van der Waals surface area contributed by atoms with Crippen molar-refractivity contribution in [2.24, 2.45) is 5.92 Å². The molecule has 0 bridgehead atoms. The van der Waals surface area contributed by atoms with Crippen LogP contribution in [0.3, 0.4) is 0 Å². The minimum absolute atomic E-state index is 0.0998. The number of anilines is 1. The van der Waals surface area contributed by atoms with Crippen molar-refractivity contribution >= 4 is 27.5 Å². The molecule has 1 N–H and O–H groups in total. The Balaban J connectivity index is 2.04. The fourth-order valence-electron chi connectivity index (χ4n) is 4.14. The predicted molar refractivity (Wildman–Crippen MR) is 129 cm³/mol. The van der Waals surface area contributed by atoms with Crippen molar-refractivity contribution in [1.82, 2.24) is 9.62 Å². The lowest BCUT2D eigenvalue weighted by Gasteiger charge is -2.47. The molecule has 0 radical (unpaired) electrons. The zero-order chi connectivity index (χ0) is 24.2. The highest BCUT2D eigenvalue weighted by atomic mass is 32.2. The van der Waals surface area contributed by atoms with Gasteiger partial charge in [-0.05, 0) is 49.4 Å². The van der Waals surface area contributed by atoms with E-state index in [1.165, 1.54) is 17.0 Å². The molecule has 0 saturated carbocycles. The van der Waals surface area contributed by atoms with E-state index in [0.717, 1.165) is 16.3 Å². The predicted octanol–water partition coefficient (Wildman–Crippen LogP) is 3.21. The van der Waals surface area contributed by atoms with E-state index in [9.17, 15) is 18.0 Å². The number of amides is 2. The molecule has 1 atom stereocenters. The Bertz CT molecular complexity index is 1100. The largest absolute Gasteiger partial charge is 0.354 e. The van der Waals surface area contributed by atoms with Gasteiger partial charge in [0.1, 0.15) is 5.54 Å². The summed E-state index contributed by atoms with van der Waals surface area (Å²) in [5.41, 5.74) is 0.161. The van der Waals surface area contributed by atoms with Crippen LogP contribution in [-0.2, 0) is 26.0 Å². The maximum Gasteiger partial charge on any atom is 0.247 e. The molecule has 3 rings (SSSR count). The van der Waals surface area contributed by atoms with E-state index in [4.69, 9.17) is 0 Å². The van der Waals surface area contributed by atoms with Gasteiger partial charge < -0.3 is 5.32 Å². The van der Waals surface area contributed by atoms with Crippen molar-refractivity contribution in [3.63, 3.8) is 0 Å². The lowest BCUT2D eigenvalue weighted by molar-refractivity contribution is -0.132. The summed E-state index contributed by atoms with van der Waals surface area (Å²) in [5, 5.41) is 2.94. The van der Waals surface area contributed by atoms with Gasteiger partial charge >= 0.3 is 0 Å². The van der Waals surface area contributed by atoms with E-state index in [1.807, 2.05) is 31.2 Å². The van der Waals surface area contributed by atoms with Crippen LogP contribution >= 0.6 is 0 Å². The molecule has 1 aliphatic rings. The Labute approximate surface area is 196 Å². The number of nitrogens with zero attached hydrogens (tertiary/aromatic N) is 2. The van der Waals surface area contributed by atoms with Gasteiger partial charge in [-0.3, -0.25) is 14.5 Å². The molecule has 2 amide bonds. The van der Waals surface area contributed by atoms with Crippen LogP contribution in [0.25, 0.3) is 0 Å². The number of sulfonamides is 1. The molecule has 178 valence electrons. The van der Waals surface area contributed by atoms with Crippen LogP contribution in [0.4, 0.5) is 5.69 Å². The first-order chi connectivity index (χ1) is 15.6. The Hall–Kier alpha value is -2.71. The summed E-state index contributed by atoms with van der Waals surface area (Å²) < 4.78 is 27.8. The minimum Gasteiger partial charge on any atom is -0.354 e. The van der Waals surface area contributed by atoms with Gasteiger partial charge in [-0.2, -0.15) is 4.31 Å². The average molecular weight is 472 g/mol. The average Bonchev–Trinajstić information content (AvgIpc) is 2.79. The molecule has 0 aliphatic carbocycles. The van der Waals surface area contributed by atoms with E-state index >= 15 is 0 Å². The van der Waals surface area contributed by atoms with Crippen LogP contribution < -0.4 is 10.2 Å². The SMILES string of the molecule is CCc1ccccc1N1C(=O)CN(S(=O)(=O)c2ccccc2)C[C@]1(C)C(=O)NCCC(C)C. The molecule has 0 unspecified atom stereocenters.